The Morgan fingerprint density at radius 1 is 1.27 bits per heavy atom. The lowest BCUT2D eigenvalue weighted by atomic mass is 9.99. The van der Waals surface area contributed by atoms with Crippen LogP contribution in [0.15, 0.2) is 18.2 Å². The topological polar surface area (TPSA) is 84.2 Å². The van der Waals surface area contributed by atoms with E-state index < -0.39 is 5.91 Å². The Morgan fingerprint density at radius 3 is 2.59 bits per heavy atom. The average Bonchev–Trinajstić information content (AvgIpc) is 2.49. The molecule has 0 radical (unpaired) electrons. The first-order valence-corrected chi connectivity index (χ1v) is 7.93. The molecule has 122 valence electrons. The second-order valence-corrected chi connectivity index (χ2v) is 5.65. The molecule has 5 nitrogen and oxygen atoms in total. The van der Waals surface area contributed by atoms with Crippen LogP contribution in [-0.2, 0) is 0 Å². The molecule has 0 aliphatic carbocycles. The summed E-state index contributed by atoms with van der Waals surface area (Å²) < 4.78 is 0. The zero-order valence-corrected chi connectivity index (χ0v) is 13.7. The van der Waals surface area contributed by atoms with Crippen LogP contribution >= 0.6 is 0 Å². The Bertz CT molecular complexity index is 515. The normalized spacial score (nSPS) is 11.8. The number of carbonyl (C=O) groups is 2. The number of primary amides is 1. The molecule has 5 heteroatoms. The Morgan fingerprint density at radius 2 is 2.00 bits per heavy atom. The number of unbranched alkanes of at least 4 members (excludes halogenated alkanes) is 1. The zero-order valence-electron chi connectivity index (χ0n) is 13.7. The molecule has 1 rings (SSSR count). The van der Waals surface area contributed by atoms with Crippen LogP contribution in [0.3, 0.4) is 0 Å². The van der Waals surface area contributed by atoms with Crippen molar-refractivity contribution in [2.24, 2.45) is 11.7 Å². The van der Waals surface area contributed by atoms with Crippen molar-refractivity contribution in [3.05, 3.63) is 29.3 Å². The molecule has 0 aliphatic rings. The number of anilines is 1. The maximum Gasteiger partial charge on any atom is 0.319 e. The summed E-state index contributed by atoms with van der Waals surface area (Å²) >= 11 is 0. The molecule has 0 aliphatic heterocycles. The van der Waals surface area contributed by atoms with Gasteiger partial charge in [0.25, 0.3) is 0 Å². The third kappa shape index (κ3) is 5.76. The first kappa shape index (κ1) is 18.0. The van der Waals surface area contributed by atoms with E-state index in [-0.39, 0.29) is 6.03 Å². The standard InChI is InChI=1S/C17H27N3O2/c1-4-6-7-13(5-2)11-19-17(22)20-15-10-14(16(18)21)9-8-12(15)3/h8-10,13H,4-7,11H2,1-3H3,(H2,18,21)(H2,19,20,22). The molecule has 1 unspecified atom stereocenters. The molecular weight excluding hydrogens is 278 g/mol. The Hall–Kier alpha value is -2.04. The third-order valence-electron chi connectivity index (χ3n) is 3.86. The molecule has 0 saturated heterocycles. The summed E-state index contributed by atoms with van der Waals surface area (Å²) in [6.07, 6.45) is 4.53. The molecule has 4 N–H and O–H groups in total. The highest BCUT2D eigenvalue weighted by molar-refractivity contribution is 5.96. The fourth-order valence-electron chi connectivity index (χ4n) is 2.26. The molecule has 1 aromatic carbocycles. The van der Waals surface area contributed by atoms with E-state index in [0.717, 1.165) is 18.4 Å². The smallest absolute Gasteiger partial charge is 0.319 e. The number of carbonyl (C=O) groups excluding carboxylic acids is 2. The van der Waals surface area contributed by atoms with Gasteiger partial charge in [-0.1, -0.05) is 39.2 Å². The van der Waals surface area contributed by atoms with Gasteiger partial charge in [-0.2, -0.15) is 0 Å². The van der Waals surface area contributed by atoms with Gasteiger partial charge in [0.15, 0.2) is 0 Å². The SMILES string of the molecule is CCCCC(CC)CNC(=O)Nc1cc(C(N)=O)ccc1C. The number of benzene rings is 1. The molecular formula is C17H27N3O2. The van der Waals surface area contributed by atoms with E-state index in [1.807, 2.05) is 6.92 Å². The van der Waals surface area contributed by atoms with Crippen molar-refractivity contribution in [3.8, 4) is 0 Å². The van der Waals surface area contributed by atoms with Crippen LogP contribution in [0.1, 0.15) is 55.5 Å². The van der Waals surface area contributed by atoms with Gasteiger partial charge in [0.05, 0.1) is 0 Å². The minimum Gasteiger partial charge on any atom is -0.366 e. The van der Waals surface area contributed by atoms with Gasteiger partial charge in [-0.05, 0) is 37.0 Å². The van der Waals surface area contributed by atoms with Crippen molar-refractivity contribution < 1.29 is 9.59 Å². The highest BCUT2D eigenvalue weighted by Gasteiger charge is 2.10. The van der Waals surface area contributed by atoms with E-state index in [2.05, 4.69) is 24.5 Å². The van der Waals surface area contributed by atoms with Gasteiger partial charge < -0.3 is 16.4 Å². The molecule has 0 spiro atoms. The number of nitrogens with one attached hydrogen (secondary N) is 2. The molecule has 1 atom stereocenters. The molecule has 3 amide bonds. The van der Waals surface area contributed by atoms with E-state index in [1.165, 1.54) is 12.8 Å². The predicted molar refractivity (Wildman–Crippen MR) is 90.0 cm³/mol. The first-order valence-electron chi connectivity index (χ1n) is 7.93. The van der Waals surface area contributed by atoms with E-state index >= 15 is 0 Å². The van der Waals surface area contributed by atoms with Crippen LogP contribution in [0.25, 0.3) is 0 Å². The summed E-state index contributed by atoms with van der Waals surface area (Å²) in [6, 6.07) is 4.77. The number of amides is 3. The number of hydrogen-bond acceptors (Lipinski definition) is 2. The summed E-state index contributed by atoms with van der Waals surface area (Å²) in [5, 5.41) is 5.68. The minimum atomic E-state index is -0.505. The van der Waals surface area contributed by atoms with Gasteiger partial charge in [0, 0.05) is 17.8 Å². The second-order valence-electron chi connectivity index (χ2n) is 5.65. The van der Waals surface area contributed by atoms with Crippen LogP contribution in [0.2, 0.25) is 0 Å². The molecule has 0 saturated carbocycles. The number of hydrogen-bond donors (Lipinski definition) is 3. The van der Waals surface area contributed by atoms with Crippen molar-refractivity contribution in [3.63, 3.8) is 0 Å². The maximum absolute atomic E-state index is 12.0. The number of nitrogens with two attached hydrogens (primary N) is 1. The van der Waals surface area contributed by atoms with Crippen molar-refractivity contribution in [1.82, 2.24) is 5.32 Å². The largest absolute Gasteiger partial charge is 0.366 e. The summed E-state index contributed by atoms with van der Waals surface area (Å²) in [6.45, 7) is 6.84. The summed E-state index contributed by atoms with van der Waals surface area (Å²) in [7, 11) is 0. The van der Waals surface area contributed by atoms with Crippen LogP contribution in [0.4, 0.5) is 10.5 Å². The van der Waals surface area contributed by atoms with Crippen LogP contribution in [0, 0.1) is 12.8 Å². The lowest BCUT2D eigenvalue weighted by Gasteiger charge is -2.16. The molecule has 0 fully saturated rings. The molecule has 0 heterocycles. The zero-order chi connectivity index (χ0) is 16.5. The first-order chi connectivity index (χ1) is 10.5. The third-order valence-corrected chi connectivity index (χ3v) is 3.86. The van der Waals surface area contributed by atoms with E-state index in [4.69, 9.17) is 5.73 Å². The van der Waals surface area contributed by atoms with Gasteiger partial charge >= 0.3 is 6.03 Å². The summed E-state index contributed by atoms with van der Waals surface area (Å²) in [5.74, 6) is -0.00202. The van der Waals surface area contributed by atoms with Crippen molar-refractivity contribution >= 4 is 17.6 Å². The highest BCUT2D eigenvalue weighted by Crippen LogP contribution is 2.17. The Balaban J connectivity index is 2.57. The Kier molecular flexibility index (Phi) is 7.43. The number of rotatable bonds is 8. The highest BCUT2D eigenvalue weighted by atomic mass is 16.2. The quantitative estimate of drug-likeness (QED) is 0.687. The summed E-state index contributed by atoms with van der Waals surface area (Å²) in [4.78, 5) is 23.2. The lowest BCUT2D eigenvalue weighted by molar-refractivity contribution is 0.100. The lowest BCUT2D eigenvalue weighted by Crippen LogP contribution is -2.33. The fourth-order valence-corrected chi connectivity index (χ4v) is 2.26. The van der Waals surface area contributed by atoms with Crippen LogP contribution in [-0.4, -0.2) is 18.5 Å². The van der Waals surface area contributed by atoms with Gasteiger partial charge in [-0.15, -0.1) is 0 Å². The van der Waals surface area contributed by atoms with Gasteiger partial charge in [-0.3, -0.25) is 4.79 Å². The second kappa shape index (κ2) is 9.07. The molecule has 0 bridgehead atoms. The minimum absolute atomic E-state index is 0.250. The van der Waals surface area contributed by atoms with Crippen LogP contribution < -0.4 is 16.4 Å². The van der Waals surface area contributed by atoms with Crippen molar-refractivity contribution in [1.29, 1.82) is 0 Å². The predicted octanol–water partition coefficient (Wildman–Crippen LogP) is 3.43. The average molecular weight is 305 g/mol. The number of urea groups is 1. The molecule has 22 heavy (non-hydrogen) atoms. The Labute approximate surface area is 132 Å². The van der Waals surface area contributed by atoms with Gasteiger partial charge in [0.1, 0.15) is 0 Å². The monoisotopic (exact) mass is 305 g/mol. The number of aryl methyl sites for hydroxylation is 1. The van der Waals surface area contributed by atoms with E-state index in [1.54, 1.807) is 18.2 Å². The van der Waals surface area contributed by atoms with Gasteiger partial charge in [-0.25, -0.2) is 4.79 Å². The van der Waals surface area contributed by atoms with E-state index in [0.29, 0.717) is 23.7 Å². The molecule has 1 aromatic rings. The van der Waals surface area contributed by atoms with Crippen molar-refractivity contribution in [2.75, 3.05) is 11.9 Å². The fraction of sp³-hybridized carbons (Fsp3) is 0.529. The molecule has 0 aromatic heterocycles. The maximum atomic E-state index is 12.0. The van der Waals surface area contributed by atoms with Crippen LogP contribution in [0.5, 0.6) is 0 Å². The van der Waals surface area contributed by atoms with E-state index in [9.17, 15) is 9.59 Å². The summed E-state index contributed by atoms with van der Waals surface area (Å²) in [5.41, 5.74) is 7.14. The van der Waals surface area contributed by atoms with Crippen molar-refractivity contribution in [2.45, 2.75) is 46.5 Å². The van der Waals surface area contributed by atoms with Gasteiger partial charge in [0.2, 0.25) is 5.91 Å².